The summed E-state index contributed by atoms with van der Waals surface area (Å²) in [4.78, 5) is 15.3. The lowest BCUT2D eigenvalue weighted by atomic mass is 9.95. The van der Waals surface area contributed by atoms with Gasteiger partial charge in [-0.25, -0.2) is 4.79 Å². The molecule has 140 valence electrons. The fourth-order valence-electron chi connectivity index (χ4n) is 3.01. The largest absolute Gasteiger partial charge is 0.449 e. The molecule has 1 saturated carbocycles. The number of carbonyl (C=O) groups is 1. The van der Waals surface area contributed by atoms with Crippen molar-refractivity contribution in [1.82, 2.24) is 5.32 Å². The van der Waals surface area contributed by atoms with Gasteiger partial charge in [0, 0.05) is 11.0 Å². The van der Waals surface area contributed by atoms with E-state index in [1.165, 1.54) is 0 Å². The smallest absolute Gasteiger partial charge is 0.407 e. The number of rotatable bonds is 9. The molecule has 1 fully saturated rings. The van der Waals surface area contributed by atoms with E-state index in [9.17, 15) is 4.79 Å². The van der Waals surface area contributed by atoms with Crippen LogP contribution in [0.4, 0.5) is 4.79 Å². The van der Waals surface area contributed by atoms with Crippen LogP contribution in [0.15, 0.2) is 65.8 Å². The number of ether oxygens (including phenoxy) is 1. The van der Waals surface area contributed by atoms with Crippen LogP contribution in [0, 0.1) is 5.92 Å². The number of amides is 1. The van der Waals surface area contributed by atoms with Crippen molar-refractivity contribution >= 4 is 6.09 Å². The summed E-state index contributed by atoms with van der Waals surface area (Å²) in [7, 11) is 0. The average Bonchev–Trinajstić information content (AvgIpc) is 3.52. The minimum absolute atomic E-state index is 0.352. The van der Waals surface area contributed by atoms with E-state index in [1.54, 1.807) is 0 Å². The highest BCUT2D eigenvalue weighted by Crippen LogP contribution is 2.28. The van der Waals surface area contributed by atoms with Gasteiger partial charge in [-0.3, -0.25) is 0 Å². The lowest BCUT2D eigenvalue weighted by Crippen LogP contribution is -2.45. The predicted octanol–water partition coefficient (Wildman–Crippen LogP) is 4.66. The number of benzene rings is 2. The third-order valence-electron chi connectivity index (χ3n) is 4.70. The van der Waals surface area contributed by atoms with E-state index >= 15 is 0 Å². The first-order valence-corrected chi connectivity index (χ1v) is 9.30. The molecule has 0 bridgehead atoms. The van der Waals surface area contributed by atoms with E-state index in [1.807, 2.05) is 60.7 Å². The van der Waals surface area contributed by atoms with Gasteiger partial charge in [0.15, 0.2) is 0 Å². The summed E-state index contributed by atoms with van der Waals surface area (Å²) >= 11 is 0. The van der Waals surface area contributed by atoms with Gasteiger partial charge < -0.3 is 10.1 Å². The van der Waals surface area contributed by atoms with Gasteiger partial charge in [-0.05, 0) is 48.3 Å². The summed E-state index contributed by atoms with van der Waals surface area (Å²) in [6.45, 7) is 0.453. The van der Waals surface area contributed by atoms with Crippen molar-refractivity contribution in [3.63, 3.8) is 0 Å². The van der Waals surface area contributed by atoms with Crippen molar-refractivity contribution < 1.29 is 9.53 Å². The number of alkyl carbamates (subject to hydrolysis) is 1. The topological polar surface area (TPSA) is 87.1 Å². The van der Waals surface area contributed by atoms with Gasteiger partial charge in [-0.15, -0.1) is 0 Å². The van der Waals surface area contributed by atoms with Crippen LogP contribution < -0.4 is 5.32 Å². The zero-order valence-electron chi connectivity index (χ0n) is 15.2. The van der Waals surface area contributed by atoms with Crippen molar-refractivity contribution in [2.24, 2.45) is 11.0 Å². The molecule has 0 radical (unpaired) electrons. The Morgan fingerprint density at radius 1 is 1.07 bits per heavy atom. The Balaban J connectivity index is 1.73. The van der Waals surface area contributed by atoms with Crippen LogP contribution in [-0.2, 0) is 17.6 Å². The second kappa shape index (κ2) is 9.64. The summed E-state index contributed by atoms with van der Waals surface area (Å²) in [5.41, 5.74) is 11.2. The molecule has 27 heavy (non-hydrogen) atoms. The lowest BCUT2D eigenvalue weighted by Gasteiger charge is -2.25. The molecule has 3 rings (SSSR count). The molecule has 1 aliphatic carbocycles. The summed E-state index contributed by atoms with van der Waals surface area (Å²) in [6, 6.07) is 18.9. The first kappa shape index (κ1) is 18.8. The van der Waals surface area contributed by atoms with Gasteiger partial charge in [0.25, 0.3) is 0 Å². The second-order valence-corrected chi connectivity index (χ2v) is 6.94. The molecule has 0 saturated heterocycles. The van der Waals surface area contributed by atoms with E-state index in [2.05, 4.69) is 15.3 Å². The molecule has 2 aromatic carbocycles. The molecule has 1 amide bonds. The van der Waals surface area contributed by atoms with Gasteiger partial charge in [0.1, 0.15) is 0 Å². The fourth-order valence-corrected chi connectivity index (χ4v) is 3.01. The third-order valence-corrected chi connectivity index (χ3v) is 4.70. The maximum atomic E-state index is 12.3. The van der Waals surface area contributed by atoms with Crippen LogP contribution in [0.5, 0.6) is 0 Å². The monoisotopic (exact) mass is 364 g/mol. The number of hydrogen-bond acceptors (Lipinski definition) is 3. The van der Waals surface area contributed by atoms with Gasteiger partial charge >= 0.3 is 6.09 Å². The Labute approximate surface area is 159 Å². The molecular weight excluding hydrogens is 340 g/mol. The molecule has 1 N–H and O–H groups in total. The van der Waals surface area contributed by atoms with Gasteiger partial charge in [-0.1, -0.05) is 65.8 Å². The maximum Gasteiger partial charge on any atom is 0.407 e. The summed E-state index contributed by atoms with van der Waals surface area (Å²) in [6.07, 6.45) is 2.90. The highest BCUT2D eigenvalue weighted by molar-refractivity contribution is 5.67. The van der Waals surface area contributed by atoms with Gasteiger partial charge in [0.05, 0.1) is 12.6 Å². The minimum Gasteiger partial charge on any atom is -0.449 e. The predicted molar refractivity (Wildman–Crippen MR) is 104 cm³/mol. The van der Waals surface area contributed by atoms with Crippen molar-refractivity contribution in [2.45, 2.75) is 37.8 Å². The number of nitrogens with zero attached hydrogens (tertiary/aromatic N) is 3. The van der Waals surface area contributed by atoms with E-state index in [4.69, 9.17) is 10.3 Å². The first-order valence-electron chi connectivity index (χ1n) is 9.30. The number of hydrogen-bond donors (Lipinski definition) is 1. The van der Waals surface area contributed by atoms with Crippen LogP contribution in [0.25, 0.3) is 10.4 Å². The van der Waals surface area contributed by atoms with Crippen LogP contribution in [-0.4, -0.2) is 24.8 Å². The fraction of sp³-hybridized carbons (Fsp3) is 0.381. The summed E-state index contributed by atoms with van der Waals surface area (Å²) in [5.74, 6) is 0.501. The van der Waals surface area contributed by atoms with E-state index in [0.29, 0.717) is 25.4 Å². The summed E-state index contributed by atoms with van der Waals surface area (Å²) in [5, 5.41) is 6.91. The van der Waals surface area contributed by atoms with Crippen molar-refractivity contribution in [1.29, 1.82) is 0 Å². The Morgan fingerprint density at radius 2 is 1.67 bits per heavy atom. The highest BCUT2D eigenvalue weighted by Gasteiger charge is 2.26. The van der Waals surface area contributed by atoms with Crippen LogP contribution in [0.1, 0.15) is 24.0 Å². The number of nitrogens with one attached hydrogen (secondary N) is 1. The maximum absolute atomic E-state index is 12.3. The molecular formula is C21H24N4O2. The Bertz CT molecular complexity index is 771. The van der Waals surface area contributed by atoms with E-state index < -0.39 is 12.1 Å². The van der Waals surface area contributed by atoms with Crippen molar-refractivity contribution in [2.75, 3.05) is 6.61 Å². The minimum atomic E-state index is -0.450. The molecule has 6 nitrogen and oxygen atoms in total. The number of carbonyl (C=O) groups excluding carboxylic acids is 1. The van der Waals surface area contributed by atoms with E-state index in [-0.39, 0.29) is 6.04 Å². The number of azide groups is 1. The normalized spacial score (nSPS) is 15.3. The van der Waals surface area contributed by atoms with Gasteiger partial charge in [0.2, 0.25) is 0 Å². The zero-order chi connectivity index (χ0) is 18.9. The van der Waals surface area contributed by atoms with Crippen LogP contribution >= 0.6 is 0 Å². The van der Waals surface area contributed by atoms with Crippen LogP contribution in [0.3, 0.4) is 0 Å². The molecule has 0 aliphatic heterocycles. The quantitative estimate of drug-likeness (QED) is 0.399. The molecule has 0 unspecified atom stereocenters. The van der Waals surface area contributed by atoms with Crippen LogP contribution in [0.2, 0.25) is 0 Å². The Hall–Kier alpha value is -2.98. The standard InChI is InChI=1S/C21H24N4O2/c22-25-24-20(14-17-9-5-2-6-10-17)19(13-16-7-3-1-4-8-16)23-21(26)27-15-18-11-12-18/h1-10,18-20H,11-15H2,(H,23,26)/t19-,20-/m0/s1. The SMILES string of the molecule is [N-]=[N+]=N[C@@H](Cc1ccccc1)[C@H](Cc1ccccc1)NC(=O)OCC1CC1. The second-order valence-electron chi connectivity index (χ2n) is 6.94. The zero-order valence-corrected chi connectivity index (χ0v) is 15.2. The summed E-state index contributed by atoms with van der Waals surface area (Å²) < 4.78 is 5.33. The lowest BCUT2D eigenvalue weighted by molar-refractivity contribution is 0.135. The van der Waals surface area contributed by atoms with E-state index in [0.717, 1.165) is 24.0 Å². The molecule has 0 heterocycles. The molecule has 0 aromatic heterocycles. The molecule has 0 spiro atoms. The van der Waals surface area contributed by atoms with Crippen molar-refractivity contribution in [3.8, 4) is 0 Å². The average molecular weight is 364 g/mol. The molecule has 2 aromatic rings. The Morgan fingerprint density at radius 3 is 2.22 bits per heavy atom. The highest BCUT2D eigenvalue weighted by atomic mass is 16.5. The van der Waals surface area contributed by atoms with Crippen molar-refractivity contribution in [3.05, 3.63) is 82.2 Å². The Kier molecular flexibility index (Phi) is 6.72. The molecule has 2 atom stereocenters. The third kappa shape index (κ3) is 6.35. The first-order chi connectivity index (χ1) is 13.2. The van der Waals surface area contributed by atoms with Gasteiger partial charge in [-0.2, -0.15) is 0 Å². The molecule has 6 heteroatoms. The molecule has 1 aliphatic rings.